The molecule has 3 rings (SSSR count). The Bertz CT molecular complexity index is 676. The molecule has 1 aromatic carbocycles. The number of hydrogen-bond donors (Lipinski definition) is 2. The molecule has 2 heterocycles. The second-order valence-electron chi connectivity index (χ2n) is 5.76. The fourth-order valence-electron chi connectivity index (χ4n) is 2.76. The van der Waals surface area contributed by atoms with Gasteiger partial charge in [-0.05, 0) is 23.9 Å². The summed E-state index contributed by atoms with van der Waals surface area (Å²) in [6.07, 6.45) is 0. The van der Waals surface area contributed by atoms with E-state index in [0.717, 1.165) is 23.0 Å². The largest absolute Gasteiger partial charge is 0.373 e. The molecule has 0 radical (unpaired) electrons. The predicted octanol–water partition coefficient (Wildman–Crippen LogP) is 2.34. The first-order valence-corrected chi connectivity index (χ1v) is 7.11. The van der Waals surface area contributed by atoms with Crippen LogP contribution >= 0.6 is 0 Å². The van der Waals surface area contributed by atoms with E-state index in [4.69, 9.17) is 4.74 Å². The quantitative estimate of drug-likeness (QED) is 0.901. The second-order valence-corrected chi connectivity index (χ2v) is 5.76. The van der Waals surface area contributed by atoms with Crippen molar-refractivity contribution in [3.63, 3.8) is 0 Å². The zero-order valence-electron chi connectivity index (χ0n) is 11.9. The van der Waals surface area contributed by atoms with E-state index in [1.807, 2.05) is 24.3 Å². The van der Waals surface area contributed by atoms with Crippen LogP contribution in [0.15, 0.2) is 29.1 Å². The lowest BCUT2D eigenvalue weighted by Gasteiger charge is -2.28. The third-order valence-electron chi connectivity index (χ3n) is 3.70. The van der Waals surface area contributed by atoms with Crippen molar-refractivity contribution in [1.29, 1.82) is 0 Å². The van der Waals surface area contributed by atoms with Crippen LogP contribution in [0.5, 0.6) is 0 Å². The van der Waals surface area contributed by atoms with Crippen molar-refractivity contribution >= 4 is 10.8 Å². The van der Waals surface area contributed by atoms with Crippen LogP contribution in [0.1, 0.15) is 31.1 Å². The Morgan fingerprint density at radius 1 is 1.35 bits per heavy atom. The third kappa shape index (κ3) is 2.37. The number of fused-ring (bicyclic) bond motifs is 3. The van der Waals surface area contributed by atoms with Gasteiger partial charge in [-0.1, -0.05) is 32.0 Å². The fourth-order valence-corrected chi connectivity index (χ4v) is 2.76. The summed E-state index contributed by atoms with van der Waals surface area (Å²) in [5.41, 5.74) is 2.06. The normalized spacial score (nSPS) is 18.4. The van der Waals surface area contributed by atoms with E-state index in [1.165, 1.54) is 5.56 Å². The highest BCUT2D eigenvalue weighted by Gasteiger charge is 2.24. The van der Waals surface area contributed by atoms with Crippen LogP contribution in [0, 0.1) is 5.92 Å². The molecule has 0 saturated carbocycles. The predicted molar refractivity (Wildman–Crippen MR) is 79.8 cm³/mol. The fraction of sp³-hybridized carbons (Fsp3) is 0.438. The Labute approximate surface area is 118 Å². The summed E-state index contributed by atoms with van der Waals surface area (Å²) in [5, 5.41) is 5.33. The van der Waals surface area contributed by atoms with Crippen LogP contribution in [0.3, 0.4) is 0 Å². The van der Waals surface area contributed by atoms with Gasteiger partial charge in [-0.3, -0.25) is 4.79 Å². The number of pyridine rings is 1. The Balaban J connectivity index is 2.11. The van der Waals surface area contributed by atoms with Gasteiger partial charge in [0, 0.05) is 16.6 Å². The number of benzene rings is 1. The number of ether oxygens (including phenoxy) is 1. The van der Waals surface area contributed by atoms with E-state index in [9.17, 15) is 4.79 Å². The molecule has 4 heteroatoms. The van der Waals surface area contributed by atoms with Gasteiger partial charge >= 0.3 is 0 Å². The van der Waals surface area contributed by atoms with Crippen molar-refractivity contribution in [3.8, 4) is 0 Å². The number of H-pyrrole nitrogens is 1. The van der Waals surface area contributed by atoms with Gasteiger partial charge in [-0.2, -0.15) is 0 Å². The molecule has 2 aromatic rings. The van der Waals surface area contributed by atoms with Crippen molar-refractivity contribution in [1.82, 2.24) is 10.3 Å². The Morgan fingerprint density at radius 2 is 2.10 bits per heavy atom. The Morgan fingerprint density at radius 3 is 2.85 bits per heavy atom. The van der Waals surface area contributed by atoms with E-state index >= 15 is 0 Å². The van der Waals surface area contributed by atoms with Gasteiger partial charge in [0.2, 0.25) is 0 Å². The lowest BCUT2D eigenvalue weighted by Crippen LogP contribution is -2.34. The van der Waals surface area contributed by atoms with Gasteiger partial charge in [0.15, 0.2) is 0 Å². The van der Waals surface area contributed by atoms with Crippen molar-refractivity contribution in [2.75, 3.05) is 13.2 Å². The third-order valence-corrected chi connectivity index (χ3v) is 3.70. The number of rotatable bonds is 3. The average Bonchev–Trinajstić information content (AvgIpc) is 2.45. The SMILES string of the molecule is CC(C)CNC1COCc2[nH]c(=O)c3ccccc3c21. The molecule has 0 amide bonds. The molecule has 0 saturated heterocycles. The van der Waals surface area contributed by atoms with Gasteiger partial charge in [0.1, 0.15) is 0 Å². The van der Waals surface area contributed by atoms with Crippen LogP contribution in [-0.2, 0) is 11.3 Å². The maximum Gasteiger partial charge on any atom is 0.256 e. The van der Waals surface area contributed by atoms with Crippen molar-refractivity contribution in [3.05, 3.63) is 45.9 Å². The number of aromatic amines is 1. The van der Waals surface area contributed by atoms with E-state index in [0.29, 0.717) is 19.1 Å². The molecule has 4 nitrogen and oxygen atoms in total. The molecule has 1 atom stereocenters. The minimum Gasteiger partial charge on any atom is -0.373 e. The van der Waals surface area contributed by atoms with Crippen LogP contribution in [0.25, 0.3) is 10.8 Å². The Kier molecular flexibility index (Phi) is 3.59. The molecule has 1 unspecified atom stereocenters. The summed E-state index contributed by atoms with van der Waals surface area (Å²) in [6, 6.07) is 7.93. The first-order chi connectivity index (χ1) is 9.66. The van der Waals surface area contributed by atoms with Gasteiger partial charge in [0.25, 0.3) is 5.56 Å². The minimum absolute atomic E-state index is 0.0348. The summed E-state index contributed by atoms with van der Waals surface area (Å²) in [5.74, 6) is 0.578. The van der Waals surface area contributed by atoms with Crippen LogP contribution < -0.4 is 10.9 Å². The summed E-state index contributed by atoms with van der Waals surface area (Å²) in [4.78, 5) is 15.1. The second kappa shape index (κ2) is 5.38. The summed E-state index contributed by atoms with van der Waals surface area (Å²) in [6.45, 7) is 6.43. The van der Waals surface area contributed by atoms with Gasteiger partial charge in [0.05, 0.1) is 19.3 Å². The first kappa shape index (κ1) is 13.3. The highest BCUT2D eigenvalue weighted by atomic mass is 16.5. The van der Waals surface area contributed by atoms with E-state index in [2.05, 4.69) is 24.1 Å². The molecule has 0 fully saturated rings. The standard InChI is InChI=1S/C16H20N2O2/c1-10(2)7-17-13-8-20-9-14-15(13)11-5-3-4-6-12(11)16(19)18-14/h3-6,10,13,17H,7-9H2,1-2H3,(H,18,19). The highest BCUT2D eigenvalue weighted by Crippen LogP contribution is 2.29. The van der Waals surface area contributed by atoms with Crippen molar-refractivity contribution in [2.45, 2.75) is 26.5 Å². The maximum atomic E-state index is 12.1. The van der Waals surface area contributed by atoms with Crippen LogP contribution in [0.4, 0.5) is 0 Å². The molecule has 1 aromatic heterocycles. The smallest absolute Gasteiger partial charge is 0.256 e. The van der Waals surface area contributed by atoms with Gasteiger partial charge in [-0.15, -0.1) is 0 Å². The molecular formula is C16H20N2O2. The zero-order valence-corrected chi connectivity index (χ0v) is 11.9. The summed E-state index contributed by atoms with van der Waals surface area (Å²) in [7, 11) is 0. The molecular weight excluding hydrogens is 252 g/mol. The van der Waals surface area contributed by atoms with Gasteiger partial charge < -0.3 is 15.0 Å². The van der Waals surface area contributed by atoms with Crippen LogP contribution in [-0.4, -0.2) is 18.1 Å². The molecule has 1 aliphatic heterocycles. The molecule has 0 bridgehead atoms. The average molecular weight is 272 g/mol. The minimum atomic E-state index is -0.0348. The monoisotopic (exact) mass is 272 g/mol. The molecule has 20 heavy (non-hydrogen) atoms. The summed E-state index contributed by atoms with van der Waals surface area (Å²) >= 11 is 0. The van der Waals surface area contributed by atoms with Crippen molar-refractivity contribution in [2.24, 2.45) is 5.92 Å². The van der Waals surface area contributed by atoms with E-state index < -0.39 is 0 Å². The molecule has 1 aliphatic rings. The lowest BCUT2D eigenvalue weighted by atomic mass is 9.96. The maximum absolute atomic E-state index is 12.1. The van der Waals surface area contributed by atoms with Crippen LogP contribution in [0.2, 0.25) is 0 Å². The number of aromatic nitrogens is 1. The first-order valence-electron chi connectivity index (χ1n) is 7.11. The number of nitrogens with one attached hydrogen (secondary N) is 2. The topological polar surface area (TPSA) is 54.1 Å². The van der Waals surface area contributed by atoms with E-state index in [-0.39, 0.29) is 11.6 Å². The summed E-state index contributed by atoms with van der Waals surface area (Å²) < 4.78 is 5.61. The molecule has 2 N–H and O–H groups in total. The Hall–Kier alpha value is -1.65. The number of hydrogen-bond acceptors (Lipinski definition) is 3. The molecule has 106 valence electrons. The van der Waals surface area contributed by atoms with Gasteiger partial charge in [-0.25, -0.2) is 0 Å². The van der Waals surface area contributed by atoms with Crippen molar-refractivity contribution < 1.29 is 4.74 Å². The van der Waals surface area contributed by atoms with E-state index in [1.54, 1.807) is 0 Å². The molecule has 0 spiro atoms. The highest BCUT2D eigenvalue weighted by molar-refractivity contribution is 5.86. The zero-order chi connectivity index (χ0) is 14.1. The lowest BCUT2D eigenvalue weighted by molar-refractivity contribution is 0.0788. The molecule has 0 aliphatic carbocycles.